The summed E-state index contributed by atoms with van der Waals surface area (Å²) in [6, 6.07) is 82.6. The highest BCUT2D eigenvalue weighted by Crippen LogP contribution is 2.62. The molecule has 1 nitrogen and oxygen atoms in total. The van der Waals surface area contributed by atoms with Crippen LogP contribution < -0.4 is 4.90 Å². The number of hydrogen-bond donors (Lipinski definition) is 0. The molecule has 0 radical (unpaired) electrons. The van der Waals surface area contributed by atoms with Gasteiger partial charge < -0.3 is 4.90 Å². The Balaban J connectivity index is 1.10. The predicted molar refractivity (Wildman–Crippen MR) is 234 cm³/mol. The molecule has 0 saturated heterocycles. The first-order valence-corrected chi connectivity index (χ1v) is 19.4. The van der Waals surface area contributed by atoms with Crippen LogP contribution in [0.4, 0.5) is 17.1 Å². The summed E-state index contributed by atoms with van der Waals surface area (Å²) in [7, 11) is 0. The lowest BCUT2D eigenvalue weighted by atomic mass is 9.66. The van der Waals surface area contributed by atoms with Crippen LogP contribution in [-0.4, -0.2) is 0 Å². The first-order chi connectivity index (χ1) is 27.8. The molecule has 0 saturated carbocycles. The van der Waals surface area contributed by atoms with Gasteiger partial charge >= 0.3 is 0 Å². The monoisotopic (exact) mass is 711 g/mol. The molecule has 2 aliphatic carbocycles. The highest BCUT2D eigenvalue weighted by Gasteiger charge is 2.49. The fourth-order valence-corrected chi connectivity index (χ4v) is 9.49. The quantitative estimate of drug-likeness (QED) is 0.172. The van der Waals surface area contributed by atoms with Gasteiger partial charge in [-0.25, -0.2) is 0 Å². The maximum atomic E-state index is 2.47. The molecule has 0 unspecified atom stereocenters. The minimum absolute atomic E-state index is 0.535. The molecule has 0 aliphatic heterocycles. The summed E-state index contributed by atoms with van der Waals surface area (Å²) >= 11 is 0. The summed E-state index contributed by atoms with van der Waals surface area (Å²) < 4.78 is 0. The van der Waals surface area contributed by atoms with Crippen LogP contribution in [0.2, 0.25) is 0 Å². The second-order valence-corrected chi connectivity index (χ2v) is 14.8. The van der Waals surface area contributed by atoms with Crippen molar-refractivity contribution in [1.82, 2.24) is 0 Å². The molecule has 9 aromatic carbocycles. The molecule has 0 fully saturated rings. The maximum Gasteiger partial charge on any atom is 0.0726 e. The minimum Gasteiger partial charge on any atom is -0.310 e. The van der Waals surface area contributed by atoms with E-state index in [1.807, 2.05) is 0 Å². The highest BCUT2D eigenvalue weighted by atomic mass is 15.1. The Morgan fingerprint density at radius 2 is 0.571 bits per heavy atom. The fourth-order valence-electron chi connectivity index (χ4n) is 9.49. The summed E-state index contributed by atoms with van der Waals surface area (Å²) in [5, 5.41) is 0. The molecule has 0 aromatic heterocycles. The molecule has 0 N–H and O–H groups in total. The normalized spacial score (nSPS) is 12.8. The standard InChI is InChI=1S/C55H37N/c1-3-15-38(16-4-1)39-27-29-40(30-28-39)41-31-33-43(34-32-41)56(42-17-5-2-6-18-42)44-35-36-50-49-23-11-14-26-53(49)55(54(50)37-44)51-24-12-9-21-47(51)45-19-7-8-20-46(45)48-22-10-13-25-52(48)55/h1-37H. The Morgan fingerprint density at radius 1 is 0.232 bits per heavy atom. The van der Waals surface area contributed by atoms with E-state index in [1.54, 1.807) is 0 Å². The van der Waals surface area contributed by atoms with Gasteiger partial charge in [0.1, 0.15) is 0 Å². The van der Waals surface area contributed by atoms with Crippen LogP contribution in [-0.2, 0) is 5.41 Å². The lowest BCUT2D eigenvalue weighted by Gasteiger charge is -2.36. The van der Waals surface area contributed by atoms with Gasteiger partial charge in [-0.1, -0.05) is 188 Å². The van der Waals surface area contributed by atoms with Gasteiger partial charge in [-0.15, -0.1) is 0 Å². The van der Waals surface area contributed by atoms with Crippen molar-refractivity contribution in [3.05, 3.63) is 247 Å². The molecule has 262 valence electrons. The number of hydrogen-bond acceptors (Lipinski definition) is 1. The predicted octanol–water partition coefficient (Wildman–Crippen LogP) is 14.5. The molecule has 1 spiro atoms. The second kappa shape index (κ2) is 13.0. The summed E-state index contributed by atoms with van der Waals surface area (Å²) in [6.45, 7) is 0. The van der Waals surface area contributed by atoms with Crippen molar-refractivity contribution < 1.29 is 0 Å². The fraction of sp³-hybridized carbons (Fsp3) is 0.0182. The van der Waals surface area contributed by atoms with Crippen LogP contribution in [0.5, 0.6) is 0 Å². The molecule has 56 heavy (non-hydrogen) atoms. The Kier molecular flexibility index (Phi) is 7.47. The average molecular weight is 712 g/mol. The topological polar surface area (TPSA) is 3.24 Å². The van der Waals surface area contributed by atoms with Crippen molar-refractivity contribution in [2.24, 2.45) is 0 Å². The minimum atomic E-state index is -0.535. The lowest BCUT2D eigenvalue weighted by Crippen LogP contribution is -2.29. The summed E-state index contributed by atoms with van der Waals surface area (Å²) in [5.74, 6) is 0. The van der Waals surface area contributed by atoms with Crippen LogP contribution in [0.25, 0.3) is 55.6 Å². The molecule has 2 aliphatic rings. The van der Waals surface area contributed by atoms with E-state index in [1.165, 1.54) is 77.9 Å². The first kappa shape index (κ1) is 32.2. The van der Waals surface area contributed by atoms with Crippen LogP contribution in [0.15, 0.2) is 224 Å². The van der Waals surface area contributed by atoms with Gasteiger partial charge in [0.15, 0.2) is 0 Å². The summed E-state index contributed by atoms with van der Waals surface area (Å²) in [5.41, 5.74) is 20.6. The van der Waals surface area contributed by atoms with Crippen molar-refractivity contribution in [3.8, 4) is 55.6 Å². The zero-order valence-electron chi connectivity index (χ0n) is 30.8. The number of benzene rings is 9. The number of anilines is 3. The molecule has 1 heteroatoms. The van der Waals surface area contributed by atoms with E-state index < -0.39 is 5.41 Å². The number of rotatable bonds is 5. The van der Waals surface area contributed by atoms with E-state index >= 15 is 0 Å². The molecular formula is C55H37N. The molecule has 11 rings (SSSR count). The van der Waals surface area contributed by atoms with Gasteiger partial charge in [-0.3, -0.25) is 0 Å². The summed E-state index contributed by atoms with van der Waals surface area (Å²) in [4.78, 5) is 2.41. The SMILES string of the molecule is c1ccc(-c2ccc(-c3ccc(N(c4ccccc4)c4ccc5c(c4)C4(c6ccccc6-c6ccccc6-c6ccccc64)c4ccccc4-5)cc3)cc2)cc1. The number of para-hydroxylation sites is 1. The van der Waals surface area contributed by atoms with Crippen LogP contribution >= 0.6 is 0 Å². The lowest BCUT2D eigenvalue weighted by molar-refractivity contribution is 0.775. The Bertz CT molecular complexity index is 2820. The maximum absolute atomic E-state index is 2.47. The average Bonchev–Trinajstić information content (AvgIpc) is 3.51. The number of fused-ring (bicyclic) bond motifs is 12. The van der Waals surface area contributed by atoms with Gasteiger partial charge in [0.05, 0.1) is 5.41 Å². The summed E-state index contributed by atoms with van der Waals surface area (Å²) in [6.07, 6.45) is 0. The number of nitrogens with zero attached hydrogens (tertiary/aromatic N) is 1. The second-order valence-electron chi connectivity index (χ2n) is 14.8. The molecule has 0 atom stereocenters. The van der Waals surface area contributed by atoms with Gasteiger partial charge in [0.25, 0.3) is 0 Å². The van der Waals surface area contributed by atoms with E-state index in [0.717, 1.165) is 17.1 Å². The Morgan fingerprint density at radius 3 is 1.09 bits per heavy atom. The van der Waals surface area contributed by atoms with E-state index in [4.69, 9.17) is 0 Å². The van der Waals surface area contributed by atoms with Crippen molar-refractivity contribution >= 4 is 17.1 Å². The van der Waals surface area contributed by atoms with Crippen molar-refractivity contribution in [2.75, 3.05) is 4.90 Å². The highest BCUT2D eigenvalue weighted by molar-refractivity contribution is 5.98. The van der Waals surface area contributed by atoms with Crippen molar-refractivity contribution in [1.29, 1.82) is 0 Å². The molecule has 0 amide bonds. The van der Waals surface area contributed by atoms with Crippen molar-refractivity contribution in [2.45, 2.75) is 5.41 Å². The van der Waals surface area contributed by atoms with E-state index in [-0.39, 0.29) is 0 Å². The Labute approximate surface area is 328 Å². The molecule has 9 aromatic rings. The van der Waals surface area contributed by atoms with Crippen LogP contribution in [0.3, 0.4) is 0 Å². The molecule has 0 bridgehead atoms. The Hall–Kier alpha value is -7.22. The zero-order chi connectivity index (χ0) is 37.1. The molecular weight excluding hydrogens is 675 g/mol. The van der Waals surface area contributed by atoms with E-state index in [2.05, 4.69) is 229 Å². The first-order valence-electron chi connectivity index (χ1n) is 19.4. The van der Waals surface area contributed by atoms with E-state index in [0.29, 0.717) is 0 Å². The third-order valence-corrected chi connectivity index (χ3v) is 11.9. The van der Waals surface area contributed by atoms with E-state index in [9.17, 15) is 0 Å². The van der Waals surface area contributed by atoms with Gasteiger partial charge in [0.2, 0.25) is 0 Å². The van der Waals surface area contributed by atoms with Crippen LogP contribution in [0.1, 0.15) is 22.3 Å². The largest absolute Gasteiger partial charge is 0.310 e. The smallest absolute Gasteiger partial charge is 0.0726 e. The van der Waals surface area contributed by atoms with Crippen molar-refractivity contribution in [3.63, 3.8) is 0 Å². The third kappa shape index (κ3) is 4.88. The van der Waals surface area contributed by atoms with Gasteiger partial charge in [0, 0.05) is 17.1 Å². The van der Waals surface area contributed by atoms with Crippen LogP contribution in [0, 0.1) is 0 Å². The van der Waals surface area contributed by atoms with Gasteiger partial charge in [-0.05, 0) is 114 Å². The van der Waals surface area contributed by atoms with Gasteiger partial charge in [-0.2, -0.15) is 0 Å². The molecule has 0 heterocycles. The zero-order valence-corrected chi connectivity index (χ0v) is 30.8. The third-order valence-electron chi connectivity index (χ3n) is 11.9.